The third-order valence-electron chi connectivity index (χ3n) is 5.90. The van der Waals surface area contributed by atoms with Crippen LogP contribution < -0.4 is 10.0 Å². The lowest BCUT2D eigenvalue weighted by Gasteiger charge is -2.09. The van der Waals surface area contributed by atoms with Crippen molar-refractivity contribution in [2.24, 2.45) is 0 Å². The average molecular weight is 477 g/mol. The fraction of sp³-hybridized carbons (Fsp3) is 0.240. The molecule has 174 valence electrons. The molecule has 2 N–H and O–H groups in total. The number of hydrogen-bond donors (Lipinski definition) is 2. The summed E-state index contributed by atoms with van der Waals surface area (Å²) in [4.78, 5) is 17.9. The Hall–Kier alpha value is -3.56. The van der Waals surface area contributed by atoms with Gasteiger partial charge in [-0.3, -0.25) is 4.79 Å². The highest BCUT2D eigenvalue weighted by molar-refractivity contribution is 7.88. The van der Waals surface area contributed by atoms with Crippen molar-refractivity contribution >= 4 is 27.0 Å². The first-order chi connectivity index (χ1) is 16.4. The molecule has 0 spiro atoms. The predicted molar refractivity (Wildman–Crippen MR) is 129 cm³/mol. The lowest BCUT2D eigenvalue weighted by Crippen LogP contribution is -2.23. The number of benzene rings is 2. The molecule has 2 aromatic heterocycles. The number of amides is 1. The summed E-state index contributed by atoms with van der Waals surface area (Å²) in [5, 5.41) is 7.79. The van der Waals surface area contributed by atoms with Crippen LogP contribution >= 0.6 is 0 Å². The quantitative estimate of drug-likeness (QED) is 0.400. The van der Waals surface area contributed by atoms with Crippen molar-refractivity contribution in [2.75, 3.05) is 7.05 Å². The molecule has 1 saturated carbocycles. The molecule has 1 aliphatic rings. The Balaban J connectivity index is 1.41. The SMILES string of the molecule is CNS(=O)(=O)Cc1ccc(CNC(=O)c2cc(C3CC3)nc3onc(-c4ccccc4)c23)cc1. The third kappa shape index (κ3) is 4.71. The maximum atomic E-state index is 13.3. The standard InChI is InChI=1S/C25H24N4O4S/c1-26-34(31,32)15-17-9-7-16(8-10-17)14-27-24(30)20-13-21(18-11-12-18)28-25-22(20)23(29-33-25)19-5-3-2-4-6-19/h2-10,13,18,26H,11-12,14-15H2,1H3,(H,27,30). The van der Waals surface area contributed by atoms with E-state index in [1.54, 1.807) is 12.1 Å². The zero-order valence-corrected chi connectivity index (χ0v) is 19.4. The minimum absolute atomic E-state index is 0.0924. The van der Waals surface area contributed by atoms with Gasteiger partial charge in [0.25, 0.3) is 11.6 Å². The van der Waals surface area contributed by atoms with E-state index in [-0.39, 0.29) is 11.7 Å². The number of pyridine rings is 1. The molecule has 2 heterocycles. The fourth-order valence-corrected chi connectivity index (χ4v) is 4.63. The summed E-state index contributed by atoms with van der Waals surface area (Å²) in [7, 11) is -1.94. The predicted octanol–water partition coefficient (Wildman–Crippen LogP) is 3.75. The number of aromatic nitrogens is 2. The van der Waals surface area contributed by atoms with Gasteiger partial charge in [0.2, 0.25) is 10.0 Å². The van der Waals surface area contributed by atoms with Crippen LogP contribution in [0.3, 0.4) is 0 Å². The summed E-state index contributed by atoms with van der Waals surface area (Å²) in [6, 6.07) is 18.6. The summed E-state index contributed by atoms with van der Waals surface area (Å²) in [6.45, 7) is 0.298. The maximum Gasteiger partial charge on any atom is 0.259 e. The number of carbonyl (C=O) groups excluding carboxylic acids is 1. The molecule has 4 aromatic rings. The van der Waals surface area contributed by atoms with Crippen LogP contribution in [0.25, 0.3) is 22.4 Å². The van der Waals surface area contributed by atoms with Crippen LogP contribution in [0.15, 0.2) is 65.2 Å². The van der Waals surface area contributed by atoms with Crippen LogP contribution in [0.5, 0.6) is 0 Å². The summed E-state index contributed by atoms with van der Waals surface area (Å²) < 4.78 is 31.3. The number of carbonyl (C=O) groups is 1. The van der Waals surface area contributed by atoms with Crippen LogP contribution in [0, 0.1) is 0 Å². The van der Waals surface area contributed by atoms with Crippen molar-refractivity contribution in [3.8, 4) is 11.3 Å². The Morgan fingerprint density at radius 1 is 1.06 bits per heavy atom. The molecule has 0 radical (unpaired) electrons. The number of hydrogen-bond acceptors (Lipinski definition) is 6. The Morgan fingerprint density at radius 2 is 1.76 bits per heavy atom. The zero-order valence-electron chi connectivity index (χ0n) is 18.6. The van der Waals surface area contributed by atoms with E-state index in [1.807, 2.05) is 48.5 Å². The Morgan fingerprint density at radius 3 is 2.44 bits per heavy atom. The number of fused-ring (bicyclic) bond motifs is 1. The molecule has 9 heteroatoms. The summed E-state index contributed by atoms with van der Waals surface area (Å²) in [5.74, 6) is 0.0179. The van der Waals surface area contributed by atoms with E-state index in [0.29, 0.717) is 40.4 Å². The van der Waals surface area contributed by atoms with Gasteiger partial charge >= 0.3 is 0 Å². The number of nitrogens with one attached hydrogen (secondary N) is 2. The van der Waals surface area contributed by atoms with Crippen molar-refractivity contribution in [2.45, 2.75) is 31.1 Å². The van der Waals surface area contributed by atoms with Gasteiger partial charge in [-0.05, 0) is 37.1 Å². The first-order valence-electron chi connectivity index (χ1n) is 11.1. The first-order valence-corrected chi connectivity index (χ1v) is 12.7. The van der Waals surface area contributed by atoms with Crippen LogP contribution in [0.2, 0.25) is 0 Å². The second-order valence-electron chi connectivity index (χ2n) is 8.41. The van der Waals surface area contributed by atoms with E-state index in [1.165, 1.54) is 7.05 Å². The second-order valence-corrected chi connectivity index (χ2v) is 10.3. The molecular formula is C25H24N4O4S. The fourth-order valence-electron chi connectivity index (χ4n) is 3.85. The Labute approximate surface area is 197 Å². The van der Waals surface area contributed by atoms with Gasteiger partial charge in [-0.15, -0.1) is 0 Å². The molecule has 0 saturated heterocycles. The van der Waals surface area contributed by atoms with E-state index < -0.39 is 10.0 Å². The highest BCUT2D eigenvalue weighted by Crippen LogP contribution is 2.41. The average Bonchev–Trinajstić information content (AvgIpc) is 3.62. The molecule has 5 rings (SSSR count). The zero-order chi connectivity index (χ0) is 23.7. The number of nitrogens with zero attached hydrogens (tertiary/aromatic N) is 2. The van der Waals surface area contributed by atoms with Gasteiger partial charge in [0, 0.05) is 23.7 Å². The van der Waals surface area contributed by atoms with Gasteiger partial charge < -0.3 is 9.84 Å². The molecule has 34 heavy (non-hydrogen) atoms. The van der Waals surface area contributed by atoms with Gasteiger partial charge in [0.05, 0.1) is 16.7 Å². The number of rotatable bonds is 8. The van der Waals surface area contributed by atoms with Gasteiger partial charge in [-0.2, -0.15) is 0 Å². The third-order valence-corrected chi connectivity index (χ3v) is 7.23. The normalized spacial score (nSPS) is 13.8. The van der Waals surface area contributed by atoms with E-state index in [0.717, 1.165) is 29.7 Å². The van der Waals surface area contributed by atoms with Crippen molar-refractivity contribution in [3.63, 3.8) is 0 Å². The summed E-state index contributed by atoms with van der Waals surface area (Å²) >= 11 is 0. The Bertz CT molecular complexity index is 1440. The topological polar surface area (TPSA) is 114 Å². The molecule has 8 nitrogen and oxygen atoms in total. The van der Waals surface area contributed by atoms with Crippen molar-refractivity contribution < 1.29 is 17.7 Å². The van der Waals surface area contributed by atoms with Crippen LogP contribution in [0.1, 0.15) is 45.9 Å². The second kappa shape index (κ2) is 9.00. The molecule has 1 aliphatic carbocycles. The molecule has 1 amide bonds. The van der Waals surface area contributed by atoms with Crippen LogP contribution in [-0.4, -0.2) is 31.5 Å². The summed E-state index contributed by atoms with van der Waals surface area (Å²) in [5.41, 5.74) is 4.68. The Kier molecular flexibility index (Phi) is 5.89. The smallest absolute Gasteiger partial charge is 0.259 e. The maximum absolute atomic E-state index is 13.3. The lowest BCUT2D eigenvalue weighted by atomic mass is 10.0. The van der Waals surface area contributed by atoms with E-state index in [2.05, 4.69) is 20.2 Å². The molecule has 0 atom stereocenters. The lowest BCUT2D eigenvalue weighted by molar-refractivity contribution is 0.0952. The minimum atomic E-state index is -3.34. The monoisotopic (exact) mass is 476 g/mol. The van der Waals surface area contributed by atoms with E-state index >= 15 is 0 Å². The van der Waals surface area contributed by atoms with Gasteiger partial charge in [-0.1, -0.05) is 59.8 Å². The van der Waals surface area contributed by atoms with E-state index in [4.69, 9.17) is 4.52 Å². The molecule has 2 aromatic carbocycles. The highest BCUT2D eigenvalue weighted by atomic mass is 32.2. The van der Waals surface area contributed by atoms with Crippen LogP contribution in [0.4, 0.5) is 0 Å². The number of sulfonamides is 1. The molecule has 0 bridgehead atoms. The molecular weight excluding hydrogens is 452 g/mol. The molecule has 1 fully saturated rings. The largest absolute Gasteiger partial charge is 0.348 e. The first kappa shape index (κ1) is 22.2. The van der Waals surface area contributed by atoms with Gasteiger partial charge in [0.1, 0.15) is 5.69 Å². The van der Waals surface area contributed by atoms with Crippen molar-refractivity contribution in [1.29, 1.82) is 0 Å². The molecule has 0 unspecified atom stereocenters. The van der Waals surface area contributed by atoms with Crippen molar-refractivity contribution in [1.82, 2.24) is 20.2 Å². The van der Waals surface area contributed by atoms with Crippen LogP contribution in [-0.2, 0) is 22.3 Å². The minimum Gasteiger partial charge on any atom is -0.348 e. The highest BCUT2D eigenvalue weighted by Gasteiger charge is 2.29. The van der Waals surface area contributed by atoms with Gasteiger partial charge in [-0.25, -0.2) is 18.1 Å². The summed E-state index contributed by atoms with van der Waals surface area (Å²) in [6.07, 6.45) is 2.10. The van der Waals surface area contributed by atoms with E-state index in [9.17, 15) is 13.2 Å². The van der Waals surface area contributed by atoms with Gasteiger partial charge in [0.15, 0.2) is 0 Å². The van der Waals surface area contributed by atoms with Crippen molar-refractivity contribution in [3.05, 3.63) is 83.0 Å². The molecule has 0 aliphatic heterocycles.